The highest BCUT2D eigenvalue weighted by atomic mass is 19.1. The molecule has 0 rings (SSSR count). The fourth-order valence-corrected chi connectivity index (χ4v) is 0.859. The smallest absolute Gasteiger partial charge is 0.319 e. The van der Waals surface area contributed by atoms with Crippen LogP contribution in [0.3, 0.4) is 0 Å². The second-order valence-corrected chi connectivity index (χ2v) is 2.83. The Balaban J connectivity index is 3.86. The molecule has 0 saturated heterocycles. The van der Waals surface area contributed by atoms with Crippen LogP contribution in [0.25, 0.3) is 0 Å². The Bertz CT molecular complexity index is 139. The zero-order valence-corrected chi connectivity index (χ0v) is 7.84. The number of ether oxygens (including phenoxy) is 1. The van der Waals surface area contributed by atoms with E-state index in [2.05, 4.69) is 4.74 Å². The summed E-state index contributed by atoms with van der Waals surface area (Å²) in [4.78, 5) is 12.5. The quantitative estimate of drug-likeness (QED) is 0.583. The van der Waals surface area contributed by atoms with Crippen LogP contribution in [0.2, 0.25) is 0 Å². The molecule has 0 fully saturated rings. The number of hydrogen-bond acceptors (Lipinski definition) is 3. The van der Waals surface area contributed by atoms with E-state index in [-0.39, 0.29) is 25.1 Å². The molecule has 12 heavy (non-hydrogen) atoms. The first-order valence-corrected chi connectivity index (χ1v) is 3.98. The standard InChI is InChI=1S/C8H16FNO2/c1-7(2)10(5-4-9)6-8(11)12-3/h7H,4-6H2,1-3H3. The first-order chi connectivity index (χ1) is 5.61. The van der Waals surface area contributed by atoms with Crippen LogP contribution in [0.15, 0.2) is 0 Å². The predicted molar refractivity (Wildman–Crippen MR) is 44.7 cm³/mol. The normalized spacial score (nSPS) is 10.8. The molecule has 0 heterocycles. The van der Waals surface area contributed by atoms with Crippen molar-refractivity contribution in [2.75, 3.05) is 26.9 Å². The average molecular weight is 177 g/mol. The van der Waals surface area contributed by atoms with Crippen LogP contribution in [0.1, 0.15) is 13.8 Å². The van der Waals surface area contributed by atoms with Gasteiger partial charge in [0.15, 0.2) is 0 Å². The largest absolute Gasteiger partial charge is 0.468 e. The van der Waals surface area contributed by atoms with E-state index in [1.165, 1.54) is 7.11 Å². The number of carbonyl (C=O) groups excluding carboxylic acids is 1. The first kappa shape index (κ1) is 11.4. The summed E-state index contributed by atoms with van der Waals surface area (Å²) in [6.07, 6.45) is 0. The Kier molecular flexibility index (Phi) is 5.62. The third kappa shape index (κ3) is 4.28. The molecule has 0 radical (unpaired) electrons. The van der Waals surface area contributed by atoms with Crippen LogP contribution in [-0.4, -0.2) is 43.8 Å². The minimum absolute atomic E-state index is 0.165. The van der Waals surface area contributed by atoms with Gasteiger partial charge in [0, 0.05) is 12.6 Å². The molecule has 0 unspecified atom stereocenters. The van der Waals surface area contributed by atoms with Gasteiger partial charge in [-0.2, -0.15) is 0 Å². The Morgan fingerprint density at radius 2 is 2.17 bits per heavy atom. The zero-order valence-electron chi connectivity index (χ0n) is 7.84. The van der Waals surface area contributed by atoms with Gasteiger partial charge in [0.25, 0.3) is 0 Å². The van der Waals surface area contributed by atoms with Gasteiger partial charge in [-0.1, -0.05) is 0 Å². The minimum atomic E-state index is -0.435. The summed E-state index contributed by atoms with van der Waals surface area (Å²) in [6.45, 7) is 3.84. The maximum atomic E-state index is 12.0. The highest BCUT2D eigenvalue weighted by Crippen LogP contribution is 1.97. The molecule has 0 aromatic rings. The Labute approximate surface area is 72.5 Å². The van der Waals surface area contributed by atoms with Crippen molar-refractivity contribution in [2.24, 2.45) is 0 Å². The van der Waals surface area contributed by atoms with Gasteiger partial charge in [0.2, 0.25) is 0 Å². The molecule has 0 spiro atoms. The summed E-state index contributed by atoms with van der Waals surface area (Å²) in [5.41, 5.74) is 0. The van der Waals surface area contributed by atoms with Gasteiger partial charge < -0.3 is 4.74 Å². The van der Waals surface area contributed by atoms with Gasteiger partial charge in [-0.05, 0) is 13.8 Å². The van der Waals surface area contributed by atoms with Crippen molar-refractivity contribution in [3.63, 3.8) is 0 Å². The molecule has 0 aromatic heterocycles. The van der Waals surface area contributed by atoms with Crippen LogP contribution in [0.5, 0.6) is 0 Å². The molecule has 0 bridgehead atoms. The van der Waals surface area contributed by atoms with Gasteiger partial charge in [-0.15, -0.1) is 0 Å². The number of hydrogen-bond donors (Lipinski definition) is 0. The Morgan fingerprint density at radius 1 is 1.58 bits per heavy atom. The van der Waals surface area contributed by atoms with Gasteiger partial charge >= 0.3 is 5.97 Å². The lowest BCUT2D eigenvalue weighted by atomic mass is 10.3. The minimum Gasteiger partial charge on any atom is -0.468 e. The number of esters is 1. The maximum Gasteiger partial charge on any atom is 0.319 e. The van der Waals surface area contributed by atoms with E-state index in [0.717, 1.165) is 0 Å². The molecule has 0 aromatic carbocycles. The van der Waals surface area contributed by atoms with Gasteiger partial charge in [-0.25, -0.2) is 4.39 Å². The van der Waals surface area contributed by atoms with E-state index < -0.39 is 6.67 Å². The van der Waals surface area contributed by atoms with E-state index >= 15 is 0 Å². The third-order valence-corrected chi connectivity index (χ3v) is 1.66. The topological polar surface area (TPSA) is 29.5 Å². The van der Waals surface area contributed by atoms with Gasteiger partial charge in [-0.3, -0.25) is 9.69 Å². The number of rotatable bonds is 5. The summed E-state index contributed by atoms with van der Waals surface area (Å²) < 4.78 is 16.4. The highest BCUT2D eigenvalue weighted by Gasteiger charge is 2.13. The molecule has 0 aliphatic rings. The summed E-state index contributed by atoms with van der Waals surface area (Å²) >= 11 is 0. The van der Waals surface area contributed by atoms with E-state index in [0.29, 0.717) is 0 Å². The number of carbonyl (C=O) groups is 1. The summed E-state index contributed by atoms with van der Waals surface area (Å²) in [6, 6.07) is 0.167. The number of halogens is 1. The molecule has 3 nitrogen and oxygen atoms in total. The number of nitrogens with zero attached hydrogens (tertiary/aromatic N) is 1. The fourth-order valence-electron chi connectivity index (χ4n) is 0.859. The number of alkyl halides is 1. The molecule has 72 valence electrons. The molecular formula is C8H16FNO2. The van der Waals surface area contributed by atoms with Crippen molar-refractivity contribution in [3.8, 4) is 0 Å². The van der Waals surface area contributed by atoms with E-state index in [4.69, 9.17) is 0 Å². The molecule has 0 aliphatic heterocycles. The third-order valence-electron chi connectivity index (χ3n) is 1.66. The van der Waals surface area contributed by atoms with Crippen LogP contribution < -0.4 is 0 Å². The average Bonchev–Trinajstić information content (AvgIpc) is 2.03. The first-order valence-electron chi connectivity index (χ1n) is 3.98. The second-order valence-electron chi connectivity index (χ2n) is 2.83. The van der Waals surface area contributed by atoms with E-state index in [1.54, 1.807) is 4.90 Å². The van der Waals surface area contributed by atoms with Crippen molar-refractivity contribution < 1.29 is 13.9 Å². The van der Waals surface area contributed by atoms with Crippen molar-refractivity contribution in [3.05, 3.63) is 0 Å². The van der Waals surface area contributed by atoms with Crippen molar-refractivity contribution in [1.82, 2.24) is 4.90 Å². The zero-order chi connectivity index (χ0) is 9.56. The number of methoxy groups -OCH3 is 1. The summed E-state index contributed by atoms with van der Waals surface area (Å²) in [7, 11) is 1.33. The molecule has 0 N–H and O–H groups in total. The van der Waals surface area contributed by atoms with Crippen LogP contribution in [-0.2, 0) is 9.53 Å². The molecule has 0 saturated carbocycles. The van der Waals surface area contributed by atoms with E-state index in [9.17, 15) is 9.18 Å². The predicted octanol–water partition coefficient (Wildman–Crippen LogP) is 0.839. The van der Waals surface area contributed by atoms with Crippen molar-refractivity contribution in [2.45, 2.75) is 19.9 Å². The summed E-state index contributed by atoms with van der Waals surface area (Å²) in [5, 5.41) is 0. The SMILES string of the molecule is COC(=O)CN(CCF)C(C)C. The highest BCUT2D eigenvalue weighted by molar-refractivity contribution is 5.71. The van der Waals surface area contributed by atoms with Crippen molar-refractivity contribution in [1.29, 1.82) is 0 Å². The Hall–Kier alpha value is -0.640. The Morgan fingerprint density at radius 3 is 2.50 bits per heavy atom. The lowest BCUT2D eigenvalue weighted by Crippen LogP contribution is -2.37. The monoisotopic (exact) mass is 177 g/mol. The fraction of sp³-hybridized carbons (Fsp3) is 0.875. The maximum absolute atomic E-state index is 12.0. The summed E-state index contributed by atoms with van der Waals surface area (Å²) in [5.74, 6) is -0.322. The lowest BCUT2D eigenvalue weighted by Gasteiger charge is -2.23. The van der Waals surface area contributed by atoms with Crippen LogP contribution >= 0.6 is 0 Å². The van der Waals surface area contributed by atoms with Crippen LogP contribution in [0.4, 0.5) is 4.39 Å². The molecule has 4 heteroatoms. The van der Waals surface area contributed by atoms with Gasteiger partial charge in [0.05, 0.1) is 13.7 Å². The lowest BCUT2D eigenvalue weighted by molar-refractivity contribution is -0.142. The molecule has 0 atom stereocenters. The molecule has 0 aliphatic carbocycles. The van der Waals surface area contributed by atoms with Crippen LogP contribution in [0, 0.1) is 0 Å². The second kappa shape index (κ2) is 5.94. The molecular weight excluding hydrogens is 161 g/mol. The van der Waals surface area contributed by atoms with Crippen molar-refractivity contribution >= 4 is 5.97 Å². The molecule has 0 amide bonds. The van der Waals surface area contributed by atoms with Gasteiger partial charge in [0.1, 0.15) is 6.67 Å². The van der Waals surface area contributed by atoms with E-state index in [1.807, 2.05) is 13.8 Å².